The van der Waals surface area contributed by atoms with Gasteiger partial charge in [0, 0.05) is 18.6 Å². The lowest BCUT2D eigenvalue weighted by molar-refractivity contribution is -0.155. The monoisotopic (exact) mass is 305 g/mol. The fourth-order valence-electron chi connectivity index (χ4n) is 1.37. The zero-order valence-corrected chi connectivity index (χ0v) is 13.2. The number of carboxylic acids is 1. The topological polar surface area (TPSA) is 92.7 Å². The Balaban J connectivity index is 4.25. The summed E-state index contributed by atoms with van der Waals surface area (Å²) in [6, 6.07) is -1.06. The number of carbonyl (C=O) groups excluding carboxylic acids is 2. The number of aliphatic carboxylic acids is 1. The van der Waals surface area contributed by atoms with E-state index in [2.05, 4.69) is 5.32 Å². The van der Waals surface area contributed by atoms with Crippen molar-refractivity contribution in [1.29, 1.82) is 0 Å². The van der Waals surface area contributed by atoms with Gasteiger partial charge in [0.2, 0.25) is 5.91 Å². The SMILES string of the molecule is CSCCC(=O)N[C@H](CCC(=O)OC(C)(C)C)C(=O)O. The molecule has 0 bridgehead atoms. The zero-order chi connectivity index (χ0) is 15.8. The van der Waals surface area contributed by atoms with Crippen molar-refractivity contribution in [3.05, 3.63) is 0 Å². The smallest absolute Gasteiger partial charge is 0.326 e. The van der Waals surface area contributed by atoms with Crippen molar-refractivity contribution in [3.8, 4) is 0 Å². The van der Waals surface area contributed by atoms with Gasteiger partial charge in [0.25, 0.3) is 0 Å². The molecule has 2 N–H and O–H groups in total. The Kier molecular flexibility index (Phi) is 8.29. The summed E-state index contributed by atoms with van der Waals surface area (Å²) in [7, 11) is 0. The maximum absolute atomic E-state index is 11.5. The van der Waals surface area contributed by atoms with E-state index in [-0.39, 0.29) is 25.2 Å². The van der Waals surface area contributed by atoms with Crippen molar-refractivity contribution >= 4 is 29.6 Å². The van der Waals surface area contributed by atoms with Crippen LogP contribution in [0.4, 0.5) is 0 Å². The van der Waals surface area contributed by atoms with Gasteiger partial charge in [-0.05, 0) is 33.4 Å². The summed E-state index contributed by atoms with van der Waals surface area (Å²) in [5, 5.41) is 11.4. The van der Waals surface area contributed by atoms with Crippen LogP contribution in [0.5, 0.6) is 0 Å². The van der Waals surface area contributed by atoms with Crippen molar-refractivity contribution in [3.63, 3.8) is 0 Å². The summed E-state index contributed by atoms with van der Waals surface area (Å²) in [5.74, 6) is -1.31. The van der Waals surface area contributed by atoms with Gasteiger partial charge in [-0.1, -0.05) is 0 Å². The number of carboxylic acid groups (broad SMARTS) is 1. The molecule has 20 heavy (non-hydrogen) atoms. The van der Waals surface area contributed by atoms with E-state index in [1.165, 1.54) is 11.8 Å². The summed E-state index contributed by atoms with van der Waals surface area (Å²) >= 11 is 1.51. The largest absolute Gasteiger partial charge is 0.480 e. The molecule has 6 nitrogen and oxygen atoms in total. The first-order valence-corrected chi connectivity index (χ1v) is 7.78. The molecule has 1 atom stereocenters. The molecule has 0 fully saturated rings. The van der Waals surface area contributed by atoms with Gasteiger partial charge in [-0.25, -0.2) is 4.79 Å². The fraction of sp³-hybridized carbons (Fsp3) is 0.769. The first kappa shape index (κ1) is 18.8. The van der Waals surface area contributed by atoms with Crippen LogP contribution in [0.15, 0.2) is 0 Å². The summed E-state index contributed by atoms with van der Waals surface area (Å²) in [4.78, 5) is 34.0. The molecule has 0 unspecified atom stereocenters. The van der Waals surface area contributed by atoms with Gasteiger partial charge in [0.1, 0.15) is 11.6 Å². The number of hydrogen-bond donors (Lipinski definition) is 2. The Labute approximate surface area is 123 Å². The molecule has 0 aromatic heterocycles. The second-order valence-electron chi connectivity index (χ2n) is 5.33. The Morgan fingerprint density at radius 2 is 1.85 bits per heavy atom. The summed E-state index contributed by atoms with van der Waals surface area (Å²) < 4.78 is 5.09. The van der Waals surface area contributed by atoms with Gasteiger partial charge in [0.15, 0.2) is 0 Å². The van der Waals surface area contributed by atoms with Gasteiger partial charge in [-0.3, -0.25) is 9.59 Å². The lowest BCUT2D eigenvalue weighted by atomic mass is 10.1. The molecule has 0 rings (SSSR count). The third-order valence-electron chi connectivity index (χ3n) is 2.22. The van der Waals surface area contributed by atoms with Crippen LogP contribution < -0.4 is 5.32 Å². The first-order valence-electron chi connectivity index (χ1n) is 6.38. The lowest BCUT2D eigenvalue weighted by Gasteiger charge is -2.20. The third-order valence-corrected chi connectivity index (χ3v) is 2.84. The van der Waals surface area contributed by atoms with E-state index in [4.69, 9.17) is 9.84 Å². The molecule has 0 spiro atoms. The van der Waals surface area contributed by atoms with Gasteiger partial charge in [-0.15, -0.1) is 0 Å². The second-order valence-corrected chi connectivity index (χ2v) is 6.31. The Morgan fingerprint density at radius 3 is 2.30 bits per heavy atom. The van der Waals surface area contributed by atoms with Crippen molar-refractivity contribution in [2.75, 3.05) is 12.0 Å². The molecule has 116 valence electrons. The Bertz CT molecular complexity index is 351. The van der Waals surface area contributed by atoms with Gasteiger partial charge >= 0.3 is 11.9 Å². The van der Waals surface area contributed by atoms with Crippen molar-refractivity contribution in [1.82, 2.24) is 5.32 Å². The number of ether oxygens (including phenoxy) is 1. The van der Waals surface area contributed by atoms with Gasteiger partial charge in [0.05, 0.1) is 0 Å². The molecule has 0 saturated carbocycles. The number of carbonyl (C=O) groups is 3. The van der Waals surface area contributed by atoms with Crippen molar-refractivity contribution < 1.29 is 24.2 Å². The molecule has 7 heteroatoms. The molecule has 0 saturated heterocycles. The van der Waals surface area contributed by atoms with Crippen molar-refractivity contribution in [2.24, 2.45) is 0 Å². The molecule has 0 heterocycles. The summed E-state index contributed by atoms with van der Waals surface area (Å²) in [6.45, 7) is 5.22. The molecular weight excluding hydrogens is 282 g/mol. The van der Waals surface area contributed by atoms with E-state index >= 15 is 0 Å². The number of rotatable bonds is 8. The number of thioether (sulfide) groups is 1. The van der Waals surface area contributed by atoms with Crippen LogP contribution in [0, 0.1) is 0 Å². The van der Waals surface area contributed by atoms with E-state index in [0.29, 0.717) is 5.75 Å². The van der Waals surface area contributed by atoms with Crippen LogP contribution in [-0.4, -0.2) is 46.6 Å². The molecule has 0 aliphatic rings. The maximum Gasteiger partial charge on any atom is 0.326 e. The molecule has 0 aromatic rings. The average molecular weight is 305 g/mol. The predicted molar refractivity (Wildman–Crippen MR) is 77.6 cm³/mol. The van der Waals surface area contributed by atoms with E-state index in [9.17, 15) is 14.4 Å². The van der Waals surface area contributed by atoms with Crippen molar-refractivity contribution in [2.45, 2.75) is 51.7 Å². The highest BCUT2D eigenvalue weighted by Crippen LogP contribution is 2.10. The highest BCUT2D eigenvalue weighted by molar-refractivity contribution is 7.98. The van der Waals surface area contributed by atoms with Crippen LogP contribution in [0.1, 0.15) is 40.0 Å². The number of nitrogens with one attached hydrogen (secondary N) is 1. The molecule has 0 aromatic carbocycles. The fourth-order valence-corrected chi connectivity index (χ4v) is 1.76. The normalized spacial score (nSPS) is 12.6. The van der Waals surface area contributed by atoms with Crippen LogP contribution in [-0.2, 0) is 19.1 Å². The minimum absolute atomic E-state index is 0.0231. The highest BCUT2D eigenvalue weighted by Gasteiger charge is 2.23. The van der Waals surface area contributed by atoms with Crippen LogP contribution in [0.3, 0.4) is 0 Å². The first-order chi connectivity index (χ1) is 9.15. The minimum Gasteiger partial charge on any atom is -0.480 e. The van der Waals surface area contributed by atoms with Crippen LogP contribution >= 0.6 is 11.8 Å². The zero-order valence-electron chi connectivity index (χ0n) is 12.4. The van der Waals surface area contributed by atoms with E-state index in [1.54, 1.807) is 20.8 Å². The molecule has 0 aliphatic carbocycles. The predicted octanol–water partition coefficient (Wildman–Crippen LogP) is 1.43. The summed E-state index contributed by atoms with van der Waals surface area (Å²) in [6.07, 6.45) is 2.11. The van der Waals surface area contributed by atoms with Crippen LogP contribution in [0.25, 0.3) is 0 Å². The summed E-state index contributed by atoms with van der Waals surface area (Å²) in [5.41, 5.74) is -0.600. The molecule has 0 radical (unpaired) electrons. The molecular formula is C13H23NO5S. The van der Waals surface area contributed by atoms with E-state index in [1.807, 2.05) is 6.26 Å². The Hall–Kier alpha value is -1.24. The number of esters is 1. The van der Waals surface area contributed by atoms with Gasteiger partial charge in [-0.2, -0.15) is 11.8 Å². The van der Waals surface area contributed by atoms with E-state index < -0.39 is 23.6 Å². The minimum atomic E-state index is -1.15. The Morgan fingerprint density at radius 1 is 1.25 bits per heavy atom. The molecule has 1 amide bonds. The lowest BCUT2D eigenvalue weighted by Crippen LogP contribution is -2.41. The number of amides is 1. The standard InChI is InChI=1S/C13H23NO5S/c1-13(2,3)19-11(16)6-5-9(12(17)18)14-10(15)7-8-20-4/h9H,5-8H2,1-4H3,(H,14,15)(H,17,18)/t9-/m1/s1. The quantitative estimate of drug-likeness (QED) is 0.659. The number of hydrogen-bond acceptors (Lipinski definition) is 5. The average Bonchev–Trinajstić information content (AvgIpc) is 2.29. The van der Waals surface area contributed by atoms with Gasteiger partial charge < -0.3 is 15.2 Å². The maximum atomic E-state index is 11.5. The van der Waals surface area contributed by atoms with E-state index in [0.717, 1.165) is 0 Å². The molecule has 0 aliphatic heterocycles. The van der Waals surface area contributed by atoms with Crippen LogP contribution in [0.2, 0.25) is 0 Å². The second kappa shape index (κ2) is 8.84. The third kappa shape index (κ3) is 9.66. The highest BCUT2D eigenvalue weighted by atomic mass is 32.2.